The lowest BCUT2D eigenvalue weighted by molar-refractivity contribution is -0.120. The highest BCUT2D eigenvalue weighted by Crippen LogP contribution is 2.34. The van der Waals surface area contributed by atoms with Crippen molar-refractivity contribution in [3.63, 3.8) is 0 Å². The minimum Gasteiger partial charge on any atom is -0.355 e. The minimum absolute atomic E-state index is 0.000214. The first-order valence-electron chi connectivity index (χ1n) is 8.13. The van der Waals surface area contributed by atoms with Crippen LogP contribution in [0.4, 0.5) is 5.69 Å². The van der Waals surface area contributed by atoms with Gasteiger partial charge in [0.25, 0.3) is 0 Å². The fraction of sp³-hybridized carbons (Fsp3) is 0.333. The molecular weight excluding hydrogens is 372 g/mol. The maximum atomic E-state index is 12.2. The van der Waals surface area contributed by atoms with Crippen molar-refractivity contribution in [1.82, 2.24) is 5.32 Å². The number of carbonyl (C=O) groups excluding carboxylic acids is 2. The Morgan fingerprint density at radius 2 is 2.12 bits per heavy atom. The molecule has 4 nitrogen and oxygen atoms in total. The van der Waals surface area contributed by atoms with Crippen LogP contribution in [0.3, 0.4) is 0 Å². The molecule has 0 fully saturated rings. The number of amides is 2. The van der Waals surface area contributed by atoms with Crippen LogP contribution in [-0.2, 0) is 15.3 Å². The molecule has 2 amide bonds. The summed E-state index contributed by atoms with van der Waals surface area (Å²) in [5, 5.41) is 5.02. The zero-order valence-corrected chi connectivity index (χ0v) is 16.2. The molecule has 2 heterocycles. The average molecular weight is 393 g/mol. The van der Waals surface area contributed by atoms with E-state index in [0.29, 0.717) is 25.3 Å². The smallest absolute Gasteiger partial charge is 0.237 e. The Bertz CT molecular complexity index is 719. The lowest BCUT2D eigenvalue weighted by Crippen LogP contribution is -2.38. The van der Waals surface area contributed by atoms with E-state index < -0.39 is 0 Å². The largest absolute Gasteiger partial charge is 0.355 e. The van der Waals surface area contributed by atoms with Gasteiger partial charge in [0, 0.05) is 40.8 Å². The monoisotopic (exact) mass is 392 g/mol. The number of hydrogen-bond donors (Lipinski definition) is 1. The molecule has 1 aromatic carbocycles. The van der Waals surface area contributed by atoms with Crippen molar-refractivity contribution in [3.8, 4) is 0 Å². The molecule has 0 saturated carbocycles. The Kier molecular flexibility index (Phi) is 6.84. The van der Waals surface area contributed by atoms with Gasteiger partial charge in [-0.25, -0.2) is 0 Å². The van der Waals surface area contributed by atoms with Crippen molar-refractivity contribution in [3.05, 3.63) is 46.7 Å². The van der Waals surface area contributed by atoms with Crippen LogP contribution in [0.1, 0.15) is 11.3 Å². The van der Waals surface area contributed by atoms with Crippen molar-refractivity contribution < 1.29 is 9.59 Å². The third-order valence-electron chi connectivity index (χ3n) is 3.76. The molecule has 0 atom stereocenters. The van der Waals surface area contributed by atoms with E-state index in [1.54, 1.807) is 28.0 Å². The second-order valence-corrected chi connectivity index (χ2v) is 8.69. The van der Waals surface area contributed by atoms with Gasteiger partial charge in [-0.1, -0.05) is 18.2 Å². The number of para-hydroxylation sites is 1. The molecule has 0 unspecified atom stereocenters. The van der Waals surface area contributed by atoms with E-state index in [1.165, 1.54) is 4.88 Å². The SMILES string of the molecule is O=C(CCN1C(=O)CSc2ccccc21)NCCSCc1cccs1. The molecular formula is C18H20N2O2S3. The number of rotatable bonds is 8. The molecule has 1 aliphatic heterocycles. The molecule has 132 valence electrons. The van der Waals surface area contributed by atoms with Crippen LogP contribution in [0.25, 0.3) is 0 Å². The molecule has 3 rings (SSSR count). The number of fused-ring (bicyclic) bond motifs is 1. The van der Waals surface area contributed by atoms with Gasteiger partial charge in [0.15, 0.2) is 0 Å². The van der Waals surface area contributed by atoms with Gasteiger partial charge in [0.1, 0.15) is 0 Å². The summed E-state index contributed by atoms with van der Waals surface area (Å²) in [6.07, 6.45) is 0.334. The van der Waals surface area contributed by atoms with Crippen LogP contribution in [0.5, 0.6) is 0 Å². The van der Waals surface area contributed by atoms with E-state index in [9.17, 15) is 9.59 Å². The lowest BCUT2D eigenvalue weighted by Gasteiger charge is -2.28. The number of nitrogens with zero attached hydrogens (tertiary/aromatic N) is 1. The fourth-order valence-corrected chi connectivity index (χ4v) is 5.17. The van der Waals surface area contributed by atoms with Crippen molar-refractivity contribution in [2.24, 2.45) is 0 Å². The third-order valence-corrected chi connectivity index (χ3v) is 6.88. The average Bonchev–Trinajstić information content (AvgIpc) is 3.14. The summed E-state index contributed by atoms with van der Waals surface area (Å²) in [6, 6.07) is 12.0. The number of hydrogen-bond acceptors (Lipinski definition) is 5. The molecule has 0 bridgehead atoms. The van der Waals surface area contributed by atoms with E-state index in [0.717, 1.165) is 22.1 Å². The van der Waals surface area contributed by atoms with Crippen LogP contribution in [-0.4, -0.2) is 36.4 Å². The van der Waals surface area contributed by atoms with E-state index >= 15 is 0 Å². The van der Waals surface area contributed by atoms with Gasteiger partial charge in [-0.05, 0) is 23.6 Å². The zero-order valence-electron chi connectivity index (χ0n) is 13.8. The molecule has 0 radical (unpaired) electrons. The summed E-state index contributed by atoms with van der Waals surface area (Å²) >= 11 is 5.14. The van der Waals surface area contributed by atoms with Gasteiger partial charge in [0.2, 0.25) is 11.8 Å². The third kappa shape index (κ3) is 5.26. The summed E-state index contributed by atoms with van der Waals surface area (Å²) in [4.78, 5) is 28.4. The van der Waals surface area contributed by atoms with Crippen molar-refractivity contribution in [2.75, 3.05) is 29.5 Å². The summed E-state index contributed by atoms with van der Waals surface area (Å²) in [7, 11) is 0. The predicted molar refractivity (Wildman–Crippen MR) is 108 cm³/mol. The van der Waals surface area contributed by atoms with Crippen molar-refractivity contribution in [2.45, 2.75) is 17.1 Å². The standard InChI is InChI=1S/C18H20N2O2S3/c21-17(19-8-11-23-12-14-4-3-10-24-14)7-9-20-15-5-1-2-6-16(15)25-13-18(20)22/h1-6,10H,7-9,11-13H2,(H,19,21). The van der Waals surface area contributed by atoms with Crippen molar-refractivity contribution in [1.29, 1.82) is 0 Å². The maximum Gasteiger partial charge on any atom is 0.237 e. The Balaban J connectivity index is 1.38. The number of thioether (sulfide) groups is 2. The molecule has 2 aromatic rings. The normalized spacial score (nSPS) is 13.6. The van der Waals surface area contributed by atoms with Gasteiger partial charge in [0.05, 0.1) is 11.4 Å². The summed E-state index contributed by atoms with van der Waals surface area (Å²) < 4.78 is 0. The number of nitrogens with one attached hydrogen (secondary N) is 1. The van der Waals surface area contributed by atoms with Crippen LogP contribution >= 0.6 is 34.9 Å². The Labute approximate surface area is 160 Å². The predicted octanol–water partition coefficient (Wildman–Crippen LogP) is 3.63. The molecule has 25 heavy (non-hydrogen) atoms. The van der Waals surface area contributed by atoms with Gasteiger partial charge >= 0.3 is 0 Å². The second kappa shape index (κ2) is 9.31. The highest BCUT2D eigenvalue weighted by atomic mass is 32.2. The first-order valence-corrected chi connectivity index (χ1v) is 11.1. The highest BCUT2D eigenvalue weighted by molar-refractivity contribution is 8.00. The molecule has 1 N–H and O–H groups in total. The number of thiophene rings is 1. The number of anilines is 1. The summed E-state index contributed by atoms with van der Waals surface area (Å²) in [6.45, 7) is 1.10. The Morgan fingerprint density at radius 3 is 2.96 bits per heavy atom. The highest BCUT2D eigenvalue weighted by Gasteiger charge is 2.24. The number of benzene rings is 1. The molecule has 7 heteroatoms. The van der Waals surface area contributed by atoms with Crippen LogP contribution in [0, 0.1) is 0 Å². The molecule has 0 saturated heterocycles. The van der Waals surface area contributed by atoms with E-state index in [2.05, 4.69) is 22.8 Å². The van der Waals surface area contributed by atoms with Crippen LogP contribution in [0.15, 0.2) is 46.7 Å². The Hall–Kier alpha value is -1.44. The molecule has 1 aliphatic rings. The first kappa shape index (κ1) is 18.4. The maximum absolute atomic E-state index is 12.2. The first-order chi connectivity index (χ1) is 12.2. The van der Waals surface area contributed by atoms with Crippen molar-refractivity contribution >= 4 is 52.4 Å². The van der Waals surface area contributed by atoms with E-state index in [-0.39, 0.29) is 11.8 Å². The van der Waals surface area contributed by atoms with Gasteiger partial charge < -0.3 is 10.2 Å². The molecule has 0 aliphatic carbocycles. The minimum atomic E-state index is 0.000214. The molecule has 1 aromatic heterocycles. The quantitative estimate of drug-likeness (QED) is 0.697. The molecule has 0 spiro atoms. The van der Waals surface area contributed by atoms with Gasteiger partial charge in [-0.3, -0.25) is 9.59 Å². The topological polar surface area (TPSA) is 49.4 Å². The fourth-order valence-electron chi connectivity index (χ4n) is 2.53. The summed E-state index contributed by atoms with van der Waals surface area (Å²) in [5.74, 6) is 2.40. The van der Waals surface area contributed by atoms with Gasteiger partial charge in [-0.15, -0.1) is 23.1 Å². The second-order valence-electron chi connectivity index (χ2n) is 5.53. The Morgan fingerprint density at radius 1 is 1.24 bits per heavy atom. The van der Waals surface area contributed by atoms with E-state index in [1.807, 2.05) is 36.0 Å². The summed E-state index contributed by atoms with van der Waals surface area (Å²) in [5.41, 5.74) is 0.919. The lowest BCUT2D eigenvalue weighted by atomic mass is 10.2. The van der Waals surface area contributed by atoms with Gasteiger partial charge in [-0.2, -0.15) is 11.8 Å². The number of carbonyl (C=O) groups is 2. The van der Waals surface area contributed by atoms with Crippen LogP contribution < -0.4 is 10.2 Å². The van der Waals surface area contributed by atoms with Crippen LogP contribution in [0.2, 0.25) is 0 Å². The van der Waals surface area contributed by atoms with E-state index in [4.69, 9.17) is 0 Å². The zero-order chi connectivity index (χ0) is 17.5.